The van der Waals surface area contributed by atoms with Crippen LogP contribution in [0.4, 0.5) is 13.6 Å². The summed E-state index contributed by atoms with van der Waals surface area (Å²) in [5.74, 6) is -1.89. The molecule has 0 saturated carbocycles. The van der Waals surface area contributed by atoms with Crippen LogP contribution < -0.4 is 5.32 Å². The van der Waals surface area contributed by atoms with Crippen molar-refractivity contribution in [1.29, 1.82) is 0 Å². The quantitative estimate of drug-likeness (QED) is 0.813. The first kappa shape index (κ1) is 17.4. The van der Waals surface area contributed by atoms with E-state index in [4.69, 9.17) is 5.11 Å². The molecule has 0 saturated heterocycles. The first-order valence-corrected chi connectivity index (χ1v) is 7.11. The minimum Gasteiger partial charge on any atom is -0.395 e. The van der Waals surface area contributed by atoms with Crippen molar-refractivity contribution in [1.82, 2.24) is 10.2 Å². The van der Waals surface area contributed by atoms with E-state index < -0.39 is 23.7 Å². The molecule has 2 amide bonds. The lowest BCUT2D eigenvalue weighted by molar-refractivity contribution is 0.173. The molecule has 1 aromatic rings. The summed E-state index contributed by atoms with van der Waals surface area (Å²) < 4.78 is 26.9. The SMILES string of the molecule is CCCCN(CCO)C(=O)NC(C)c1cccc(F)c1F. The maximum Gasteiger partial charge on any atom is 0.317 e. The smallest absolute Gasteiger partial charge is 0.317 e. The van der Waals surface area contributed by atoms with Crippen molar-refractivity contribution in [3.8, 4) is 0 Å². The number of hydrogen-bond acceptors (Lipinski definition) is 2. The normalized spacial score (nSPS) is 12.0. The van der Waals surface area contributed by atoms with E-state index in [1.807, 2.05) is 6.92 Å². The Hall–Kier alpha value is -1.69. The van der Waals surface area contributed by atoms with Crippen LogP contribution in [0, 0.1) is 11.6 Å². The molecular formula is C15H22F2N2O2. The van der Waals surface area contributed by atoms with E-state index in [-0.39, 0.29) is 18.7 Å². The minimum atomic E-state index is -0.951. The van der Waals surface area contributed by atoms with E-state index in [2.05, 4.69) is 5.32 Å². The molecule has 21 heavy (non-hydrogen) atoms. The largest absolute Gasteiger partial charge is 0.395 e. The molecule has 0 spiro atoms. The number of aliphatic hydroxyl groups excluding tert-OH is 1. The molecule has 1 rings (SSSR count). The zero-order valence-electron chi connectivity index (χ0n) is 12.4. The third-order valence-corrected chi connectivity index (χ3v) is 3.23. The Labute approximate surface area is 123 Å². The average Bonchev–Trinajstić information content (AvgIpc) is 2.46. The van der Waals surface area contributed by atoms with Gasteiger partial charge in [0.15, 0.2) is 11.6 Å². The number of rotatable bonds is 7. The van der Waals surface area contributed by atoms with Crippen molar-refractivity contribution >= 4 is 6.03 Å². The summed E-state index contributed by atoms with van der Waals surface area (Å²) in [6.07, 6.45) is 1.74. The van der Waals surface area contributed by atoms with Crippen LogP contribution >= 0.6 is 0 Å². The van der Waals surface area contributed by atoms with E-state index >= 15 is 0 Å². The third kappa shape index (κ3) is 4.97. The minimum absolute atomic E-state index is 0.0998. The van der Waals surface area contributed by atoms with E-state index in [0.717, 1.165) is 18.9 Å². The van der Waals surface area contributed by atoms with Crippen molar-refractivity contribution in [2.24, 2.45) is 0 Å². The molecular weight excluding hydrogens is 278 g/mol. The molecule has 6 heteroatoms. The lowest BCUT2D eigenvalue weighted by atomic mass is 10.1. The maximum atomic E-state index is 13.7. The van der Waals surface area contributed by atoms with Gasteiger partial charge in [-0.25, -0.2) is 13.6 Å². The molecule has 0 radical (unpaired) electrons. The number of aliphatic hydroxyl groups is 1. The first-order valence-electron chi connectivity index (χ1n) is 7.11. The van der Waals surface area contributed by atoms with Crippen LogP contribution in [0.3, 0.4) is 0 Å². The van der Waals surface area contributed by atoms with Crippen molar-refractivity contribution in [2.45, 2.75) is 32.7 Å². The Bertz CT molecular complexity index is 469. The molecule has 1 aromatic carbocycles. The number of urea groups is 1. The molecule has 0 aliphatic carbocycles. The average molecular weight is 300 g/mol. The van der Waals surface area contributed by atoms with Gasteiger partial charge in [-0.2, -0.15) is 0 Å². The number of nitrogens with one attached hydrogen (secondary N) is 1. The van der Waals surface area contributed by atoms with Gasteiger partial charge in [-0.05, 0) is 19.4 Å². The Morgan fingerprint density at radius 2 is 2.10 bits per heavy atom. The van der Waals surface area contributed by atoms with Gasteiger partial charge in [-0.15, -0.1) is 0 Å². The summed E-state index contributed by atoms with van der Waals surface area (Å²) in [5, 5.41) is 11.6. The van der Waals surface area contributed by atoms with Gasteiger partial charge in [0.2, 0.25) is 0 Å². The molecule has 0 aromatic heterocycles. The number of carbonyl (C=O) groups is 1. The highest BCUT2D eigenvalue weighted by Crippen LogP contribution is 2.19. The summed E-state index contributed by atoms with van der Waals surface area (Å²) in [7, 11) is 0. The molecule has 118 valence electrons. The van der Waals surface area contributed by atoms with Gasteiger partial charge in [-0.3, -0.25) is 0 Å². The molecule has 4 nitrogen and oxygen atoms in total. The van der Waals surface area contributed by atoms with Crippen LogP contribution in [0.5, 0.6) is 0 Å². The number of nitrogens with zero attached hydrogens (tertiary/aromatic N) is 1. The van der Waals surface area contributed by atoms with Crippen molar-refractivity contribution < 1.29 is 18.7 Å². The number of carbonyl (C=O) groups excluding carboxylic acids is 1. The fourth-order valence-electron chi connectivity index (χ4n) is 1.99. The molecule has 0 aliphatic rings. The van der Waals surface area contributed by atoms with E-state index in [9.17, 15) is 13.6 Å². The van der Waals surface area contributed by atoms with Crippen molar-refractivity contribution in [3.05, 3.63) is 35.4 Å². The van der Waals surface area contributed by atoms with Gasteiger partial charge in [-0.1, -0.05) is 25.5 Å². The second kappa shape index (κ2) is 8.56. The van der Waals surface area contributed by atoms with Crippen LogP contribution in [0.15, 0.2) is 18.2 Å². The molecule has 0 aliphatic heterocycles. The van der Waals surface area contributed by atoms with E-state index in [1.165, 1.54) is 17.0 Å². The molecule has 0 bridgehead atoms. The topological polar surface area (TPSA) is 52.6 Å². The number of halogens is 2. The Morgan fingerprint density at radius 1 is 1.38 bits per heavy atom. The Kier molecular flexibility index (Phi) is 7.08. The summed E-state index contributed by atoms with van der Waals surface area (Å²) in [6, 6.07) is 2.82. The molecule has 2 N–H and O–H groups in total. The Morgan fingerprint density at radius 3 is 2.71 bits per heavy atom. The van der Waals surface area contributed by atoms with Gasteiger partial charge in [0.05, 0.1) is 12.6 Å². The number of amides is 2. The monoisotopic (exact) mass is 300 g/mol. The van der Waals surface area contributed by atoms with Crippen molar-refractivity contribution in [3.63, 3.8) is 0 Å². The number of unbranched alkanes of at least 4 members (excludes halogenated alkanes) is 1. The lowest BCUT2D eigenvalue weighted by Crippen LogP contribution is -2.43. The van der Waals surface area contributed by atoms with Crippen LogP contribution in [-0.4, -0.2) is 35.7 Å². The van der Waals surface area contributed by atoms with Gasteiger partial charge in [0.1, 0.15) is 0 Å². The highest BCUT2D eigenvalue weighted by atomic mass is 19.2. The summed E-state index contributed by atoms with van der Waals surface area (Å²) in [5.41, 5.74) is 0.0998. The van der Waals surface area contributed by atoms with Gasteiger partial charge < -0.3 is 15.3 Å². The zero-order chi connectivity index (χ0) is 15.8. The second-order valence-corrected chi connectivity index (χ2v) is 4.88. The first-order chi connectivity index (χ1) is 10.0. The van der Waals surface area contributed by atoms with Crippen LogP contribution in [0.2, 0.25) is 0 Å². The molecule has 0 fully saturated rings. The van der Waals surface area contributed by atoms with Crippen molar-refractivity contribution in [2.75, 3.05) is 19.7 Å². The highest BCUT2D eigenvalue weighted by molar-refractivity contribution is 5.74. The molecule has 1 unspecified atom stereocenters. The molecule has 1 atom stereocenters. The standard InChI is InChI=1S/C15H22F2N2O2/c1-3-4-8-19(9-10-20)15(21)18-11(2)12-6-5-7-13(16)14(12)17/h5-7,11,20H,3-4,8-10H2,1-2H3,(H,18,21). The summed E-state index contributed by atoms with van der Waals surface area (Å²) in [6.45, 7) is 4.18. The fraction of sp³-hybridized carbons (Fsp3) is 0.533. The van der Waals surface area contributed by atoms with Crippen LogP contribution in [-0.2, 0) is 0 Å². The van der Waals surface area contributed by atoms with E-state index in [0.29, 0.717) is 6.54 Å². The molecule has 0 heterocycles. The zero-order valence-corrected chi connectivity index (χ0v) is 12.4. The number of hydrogen-bond donors (Lipinski definition) is 2. The Balaban J connectivity index is 2.73. The van der Waals surface area contributed by atoms with Crippen LogP contribution in [0.25, 0.3) is 0 Å². The maximum absolute atomic E-state index is 13.7. The summed E-state index contributed by atoms with van der Waals surface area (Å²) >= 11 is 0. The predicted octanol–water partition coefficient (Wildman–Crippen LogP) is 2.83. The second-order valence-electron chi connectivity index (χ2n) is 4.88. The number of benzene rings is 1. The van der Waals surface area contributed by atoms with Gasteiger partial charge in [0, 0.05) is 18.7 Å². The van der Waals surface area contributed by atoms with Crippen LogP contribution in [0.1, 0.15) is 38.3 Å². The van der Waals surface area contributed by atoms with E-state index in [1.54, 1.807) is 6.92 Å². The fourth-order valence-corrected chi connectivity index (χ4v) is 1.99. The van der Waals surface area contributed by atoms with Gasteiger partial charge >= 0.3 is 6.03 Å². The summed E-state index contributed by atoms with van der Waals surface area (Å²) in [4.78, 5) is 13.6. The predicted molar refractivity (Wildman–Crippen MR) is 76.9 cm³/mol. The van der Waals surface area contributed by atoms with Gasteiger partial charge in [0.25, 0.3) is 0 Å². The highest BCUT2D eigenvalue weighted by Gasteiger charge is 2.19. The lowest BCUT2D eigenvalue weighted by Gasteiger charge is -2.24. The third-order valence-electron chi connectivity index (χ3n) is 3.23.